The molecule has 7 heteroatoms. The number of hydrogen-bond donors (Lipinski definition) is 3. The minimum atomic E-state index is -1.53. The Balaban J connectivity index is 2.06. The fourth-order valence-corrected chi connectivity index (χ4v) is 2.23. The molecule has 0 radical (unpaired) electrons. The molecule has 1 aromatic rings. The fraction of sp³-hybridized carbons (Fsp3) is 0.429. The van der Waals surface area contributed by atoms with Gasteiger partial charge in [0, 0.05) is 12.1 Å². The quantitative estimate of drug-likeness (QED) is 0.799. The number of rotatable bonds is 4. The molecule has 1 saturated carbocycles. The Bertz CT molecular complexity index is 574. The van der Waals surface area contributed by atoms with Crippen molar-refractivity contribution in [1.82, 2.24) is 5.32 Å². The summed E-state index contributed by atoms with van der Waals surface area (Å²) in [5, 5.41) is 13.7. The Hall–Kier alpha value is -2.18. The molecule has 1 aliphatic rings. The number of carbonyl (C=O) groups is 2. The van der Waals surface area contributed by atoms with Crippen LogP contribution in [0.3, 0.4) is 0 Å². The monoisotopic (exact) mass is 298 g/mol. The van der Waals surface area contributed by atoms with Crippen molar-refractivity contribution in [3.8, 4) is 0 Å². The molecule has 1 unspecified atom stereocenters. The van der Waals surface area contributed by atoms with Gasteiger partial charge in [-0.15, -0.1) is 0 Å². The zero-order chi connectivity index (χ0) is 15.6. The van der Waals surface area contributed by atoms with Crippen LogP contribution in [0.5, 0.6) is 0 Å². The molecule has 114 valence electrons. The van der Waals surface area contributed by atoms with E-state index in [4.69, 9.17) is 5.11 Å². The van der Waals surface area contributed by atoms with Gasteiger partial charge in [-0.3, -0.25) is 0 Å². The maximum atomic E-state index is 13.6. The van der Waals surface area contributed by atoms with Gasteiger partial charge in [-0.05, 0) is 31.7 Å². The molecule has 0 aromatic heterocycles. The number of carboxylic acids is 1. The topological polar surface area (TPSA) is 78.4 Å². The second-order valence-corrected chi connectivity index (χ2v) is 5.20. The molecular weight excluding hydrogens is 282 g/mol. The van der Waals surface area contributed by atoms with Crippen molar-refractivity contribution in [3.63, 3.8) is 0 Å². The lowest BCUT2D eigenvalue weighted by Gasteiger charge is -2.31. The Labute approximate surface area is 120 Å². The number of carboxylic acid groups (broad SMARTS) is 1. The first-order valence-corrected chi connectivity index (χ1v) is 6.68. The Morgan fingerprint density at radius 2 is 1.95 bits per heavy atom. The number of urea groups is 1. The highest BCUT2D eigenvalue weighted by Crippen LogP contribution is 2.29. The summed E-state index contributed by atoms with van der Waals surface area (Å²) in [5.74, 6) is -3.33. The number of carbonyl (C=O) groups excluding carboxylic acids is 1. The predicted octanol–water partition coefficient (Wildman–Crippen LogP) is 2.97. The number of aromatic carboxylic acids is 1. The predicted molar refractivity (Wildman–Crippen MR) is 72.3 cm³/mol. The molecular formula is C14H16F2N2O3. The Morgan fingerprint density at radius 1 is 1.29 bits per heavy atom. The summed E-state index contributed by atoms with van der Waals surface area (Å²) in [6, 6.07) is 0.507. The molecule has 0 bridgehead atoms. The van der Waals surface area contributed by atoms with Gasteiger partial charge in [0.1, 0.15) is 11.6 Å². The van der Waals surface area contributed by atoms with Crippen LogP contribution in [0.25, 0.3) is 0 Å². The van der Waals surface area contributed by atoms with Crippen LogP contribution in [0.1, 0.15) is 36.5 Å². The summed E-state index contributed by atoms with van der Waals surface area (Å²) in [7, 11) is 0. The van der Waals surface area contributed by atoms with Crippen LogP contribution >= 0.6 is 0 Å². The molecule has 1 fully saturated rings. The lowest BCUT2D eigenvalue weighted by atomic mass is 9.80. The van der Waals surface area contributed by atoms with Crippen LogP contribution < -0.4 is 10.6 Å². The smallest absolute Gasteiger partial charge is 0.338 e. The molecule has 21 heavy (non-hydrogen) atoms. The van der Waals surface area contributed by atoms with Crippen LogP contribution in [0.15, 0.2) is 12.1 Å². The Kier molecular flexibility index (Phi) is 4.40. The van der Waals surface area contributed by atoms with Crippen molar-refractivity contribution >= 4 is 17.7 Å². The zero-order valence-corrected chi connectivity index (χ0v) is 11.5. The van der Waals surface area contributed by atoms with Crippen LogP contribution in [0.2, 0.25) is 0 Å². The van der Waals surface area contributed by atoms with E-state index in [0.717, 1.165) is 25.3 Å². The van der Waals surface area contributed by atoms with Gasteiger partial charge in [0.05, 0.1) is 11.3 Å². The number of amides is 2. The maximum absolute atomic E-state index is 13.6. The first-order chi connectivity index (χ1) is 9.88. The van der Waals surface area contributed by atoms with Crippen LogP contribution in [-0.2, 0) is 0 Å². The van der Waals surface area contributed by atoms with Crippen molar-refractivity contribution in [2.45, 2.75) is 32.2 Å². The largest absolute Gasteiger partial charge is 0.478 e. The van der Waals surface area contributed by atoms with Crippen molar-refractivity contribution in [3.05, 3.63) is 29.3 Å². The zero-order valence-electron chi connectivity index (χ0n) is 11.5. The van der Waals surface area contributed by atoms with E-state index in [1.165, 1.54) is 0 Å². The van der Waals surface area contributed by atoms with E-state index in [1.54, 1.807) is 0 Å². The van der Waals surface area contributed by atoms with E-state index in [1.807, 2.05) is 6.92 Å². The molecule has 0 spiro atoms. The summed E-state index contributed by atoms with van der Waals surface area (Å²) >= 11 is 0. The van der Waals surface area contributed by atoms with Crippen LogP contribution in [-0.4, -0.2) is 23.1 Å². The molecule has 0 saturated heterocycles. The van der Waals surface area contributed by atoms with Gasteiger partial charge in [0.15, 0.2) is 0 Å². The number of halogens is 2. The second kappa shape index (κ2) is 6.07. The van der Waals surface area contributed by atoms with E-state index in [9.17, 15) is 18.4 Å². The number of nitrogens with one attached hydrogen (secondary N) is 2. The van der Waals surface area contributed by atoms with Crippen molar-refractivity contribution < 1.29 is 23.5 Å². The lowest BCUT2D eigenvalue weighted by molar-refractivity contribution is 0.0692. The molecule has 0 heterocycles. The third-order valence-corrected chi connectivity index (χ3v) is 3.75. The second-order valence-electron chi connectivity index (χ2n) is 5.20. The Morgan fingerprint density at radius 3 is 2.48 bits per heavy atom. The molecule has 1 aromatic carbocycles. The molecule has 2 amide bonds. The highest BCUT2D eigenvalue weighted by molar-refractivity contribution is 5.93. The van der Waals surface area contributed by atoms with E-state index in [2.05, 4.69) is 10.6 Å². The molecule has 3 N–H and O–H groups in total. The third kappa shape index (κ3) is 3.48. The van der Waals surface area contributed by atoms with Gasteiger partial charge in [-0.2, -0.15) is 0 Å². The molecule has 2 rings (SSSR count). The van der Waals surface area contributed by atoms with E-state index < -0.39 is 29.2 Å². The van der Waals surface area contributed by atoms with Crippen LogP contribution in [0.4, 0.5) is 19.3 Å². The summed E-state index contributed by atoms with van der Waals surface area (Å²) in [4.78, 5) is 22.5. The van der Waals surface area contributed by atoms with Crippen LogP contribution in [0, 0.1) is 17.6 Å². The standard InChI is InChI=1S/C14H16F2N2O3/c1-7(8-3-2-4-8)17-14(21)18-12-5-9(13(19)20)10(15)6-11(12)16/h5-8H,2-4H2,1H3,(H,19,20)(H2,17,18,21). The molecule has 1 atom stereocenters. The normalized spacial score (nSPS) is 16.0. The van der Waals surface area contributed by atoms with Gasteiger partial charge >= 0.3 is 12.0 Å². The van der Waals surface area contributed by atoms with Gasteiger partial charge in [-0.25, -0.2) is 18.4 Å². The van der Waals surface area contributed by atoms with Gasteiger partial charge in [0.25, 0.3) is 0 Å². The third-order valence-electron chi connectivity index (χ3n) is 3.75. The van der Waals surface area contributed by atoms with Gasteiger partial charge in [-0.1, -0.05) is 6.42 Å². The van der Waals surface area contributed by atoms with Crippen molar-refractivity contribution in [2.24, 2.45) is 5.92 Å². The highest BCUT2D eigenvalue weighted by atomic mass is 19.1. The van der Waals surface area contributed by atoms with E-state index >= 15 is 0 Å². The van der Waals surface area contributed by atoms with Crippen molar-refractivity contribution in [2.75, 3.05) is 5.32 Å². The summed E-state index contributed by atoms with van der Waals surface area (Å²) in [6.45, 7) is 1.85. The first kappa shape index (κ1) is 15.2. The first-order valence-electron chi connectivity index (χ1n) is 6.68. The average Bonchev–Trinajstić information content (AvgIpc) is 2.29. The summed E-state index contributed by atoms with van der Waals surface area (Å²) in [5.41, 5.74) is -1.06. The minimum absolute atomic E-state index is 0.0544. The lowest BCUT2D eigenvalue weighted by Crippen LogP contribution is -2.42. The highest BCUT2D eigenvalue weighted by Gasteiger charge is 2.25. The average molecular weight is 298 g/mol. The molecule has 0 aliphatic heterocycles. The summed E-state index contributed by atoms with van der Waals surface area (Å²) < 4.78 is 26.8. The molecule has 5 nitrogen and oxygen atoms in total. The van der Waals surface area contributed by atoms with Gasteiger partial charge in [0.2, 0.25) is 0 Å². The number of hydrogen-bond acceptors (Lipinski definition) is 2. The SMILES string of the molecule is CC(NC(=O)Nc1cc(C(=O)O)c(F)cc1F)C1CCC1. The summed E-state index contributed by atoms with van der Waals surface area (Å²) in [6.07, 6.45) is 3.21. The number of benzene rings is 1. The minimum Gasteiger partial charge on any atom is -0.478 e. The maximum Gasteiger partial charge on any atom is 0.338 e. The van der Waals surface area contributed by atoms with E-state index in [0.29, 0.717) is 12.0 Å². The number of anilines is 1. The fourth-order valence-electron chi connectivity index (χ4n) is 2.23. The van der Waals surface area contributed by atoms with E-state index in [-0.39, 0.29) is 11.7 Å². The molecule has 1 aliphatic carbocycles. The van der Waals surface area contributed by atoms with Gasteiger partial charge < -0.3 is 15.7 Å². The van der Waals surface area contributed by atoms with Crippen molar-refractivity contribution in [1.29, 1.82) is 0 Å².